The first-order valence-corrected chi connectivity index (χ1v) is 5.17. The lowest BCUT2D eigenvalue weighted by molar-refractivity contribution is 0.0166. The Balaban J connectivity index is 2.10. The molecule has 1 fully saturated rings. The summed E-state index contributed by atoms with van der Waals surface area (Å²) < 4.78 is 10.2. The number of carboxylic acid groups (broad SMARTS) is 1. The van der Waals surface area contributed by atoms with Gasteiger partial charge >= 0.3 is 5.97 Å². The lowest BCUT2D eigenvalue weighted by Gasteiger charge is -2.20. The third kappa shape index (κ3) is 2.14. The highest BCUT2D eigenvalue weighted by Crippen LogP contribution is 2.18. The van der Waals surface area contributed by atoms with Crippen molar-refractivity contribution in [3.8, 4) is 0 Å². The van der Waals surface area contributed by atoms with Crippen LogP contribution in [0.25, 0.3) is 0 Å². The first kappa shape index (κ1) is 10.9. The fraction of sp³-hybridized carbons (Fsp3) is 0.455. The maximum atomic E-state index is 11.8. The predicted molar refractivity (Wildman–Crippen MR) is 53.6 cm³/mol. The van der Waals surface area contributed by atoms with Crippen molar-refractivity contribution in [2.75, 3.05) is 6.61 Å². The number of rotatable bonds is 3. The summed E-state index contributed by atoms with van der Waals surface area (Å²) in [6.45, 7) is 0.572. The van der Waals surface area contributed by atoms with E-state index >= 15 is 0 Å². The predicted octanol–water partition coefficient (Wildman–Crippen LogP) is 1.73. The van der Waals surface area contributed by atoms with Crippen molar-refractivity contribution in [2.24, 2.45) is 0 Å². The van der Waals surface area contributed by atoms with Crippen LogP contribution in [0.5, 0.6) is 0 Å². The fourth-order valence-electron chi connectivity index (χ4n) is 1.69. The monoisotopic (exact) mass is 224 g/mol. The number of Topliss-reactive ketones (excluding diaryl/α,β-unsaturated/α-hetero) is 1. The minimum absolute atomic E-state index is 0.0595. The molecule has 1 aliphatic heterocycles. The Labute approximate surface area is 92.0 Å². The minimum atomic E-state index is -1.18. The summed E-state index contributed by atoms with van der Waals surface area (Å²) in [5.41, 5.74) is 0. The molecular weight excluding hydrogens is 212 g/mol. The van der Waals surface area contributed by atoms with Crippen LogP contribution in [0, 0.1) is 0 Å². The molecule has 5 nitrogen and oxygen atoms in total. The molecule has 2 heterocycles. The van der Waals surface area contributed by atoms with Crippen LogP contribution >= 0.6 is 0 Å². The summed E-state index contributed by atoms with van der Waals surface area (Å²) in [6, 6.07) is 2.65. The largest absolute Gasteiger partial charge is 0.475 e. The van der Waals surface area contributed by atoms with Gasteiger partial charge in [-0.2, -0.15) is 0 Å². The molecule has 1 saturated heterocycles. The standard InChI is InChI=1S/C11H12O5/c12-10(7-3-1-2-6-15-7)8-4-5-9(16-8)11(13)14/h4-5,7H,1-3,6H2,(H,13,14). The van der Waals surface area contributed by atoms with E-state index in [0.29, 0.717) is 13.0 Å². The third-order valence-electron chi connectivity index (χ3n) is 2.53. The first-order chi connectivity index (χ1) is 7.68. The summed E-state index contributed by atoms with van der Waals surface area (Å²) in [5, 5.41) is 8.65. The van der Waals surface area contributed by atoms with Crippen LogP contribution in [-0.2, 0) is 4.74 Å². The Morgan fingerprint density at radius 3 is 2.56 bits per heavy atom. The Kier molecular flexibility index (Phi) is 3.05. The highest BCUT2D eigenvalue weighted by molar-refractivity contribution is 5.98. The normalized spacial score (nSPS) is 20.6. The van der Waals surface area contributed by atoms with E-state index in [9.17, 15) is 9.59 Å². The van der Waals surface area contributed by atoms with E-state index in [-0.39, 0.29) is 17.3 Å². The summed E-state index contributed by atoms with van der Waals surface area (Å²) in [7, 11) is 0. The van der Waals surface area contributed by atoms with E-state index in [0.717, 1.165) is 12.8 Å². The second-order valence-electron chi connectivity index (χ2n) is 3.69. The lowest BCUT2D eigenvalue weighted by Crippen LogP contribution is -2.27. The van der Waals surface area contributed by atoms with E-state index in [4.69, 9.17) is 14.3 Å². The third-order valence-corrected chi connectivity index (χ3v) is 2.53. The van der Waals surface area contributed by atoms with Gasteiger partial charge in [0.25, 0.3) is 0 Å². The SMILES string of the molecule is O=C(O)c1ccc(C(=O)C2CCCCO2)o1. The lowest BCUT2D eigenvalue weighted by atomic mass is 10.0. The molecule has 1 aliphatic rings. The number of aromatic carboxylic acids is 1. The molecule has 0 radical (unpaired) electrons. The molecule has 0 amide bonds. The van der Waals surface area contributed by atoms with Crippen molar-refractivity contribution in [3.05, 3.63) is 23.7 Å². The number of carbonyl (C=O) groups excluding carboxylic acids is 1. The van der Waals surface area contributed by atoms with Crippen molar-refractivity contribution in [3.63, 3.8) is 0 Å². The van der Waals surface area contributed by atoms with Gasteiger partial charge in [0.2, 0.25) is 11.5 Å². The summed E-state index contributed by atoms with van der Waals surface area (Å²) in [5.74, 6) is -1.61. The highest BCUT2D eigenvalue weighted by atomic mass is 16.5. The van der Waals surface area contributed by atoms with Gasteiger partial charge in [-0.25, -0.2) is 4.79 Å². The number of carboxylic acids is 1. The summed E-state index contributed by atoms with van der Waals surface area (Å²) >= 11 is 0. The van der Waals surface area contributed by atoms with E-state index in [1.807, 2.05) is 0 Å². The van der Waals surface area contributed by atoms with Crippen LogP contribution in [0.15, 0.2) is 16.5 Å². The fourth-order valence-corrected chi connectivity index (χ4v) is 1.69. The van der Waals surface area contributed by atoms with Gasteiger partial charge in [0, 0.05) is 6.61 Å². The Bertz CT molecular complexity index is 400. The molecule has 0 aromatic carbocycles. The molecule has 16 heavy (non-hydrogen) atoms. The zero-order valence-corrected chi connectivity index (χ0v) is 8.64. The molecule has 1 aromatic heterocycles. The van der Waals surface area contributed by atoms with Crippen molar-refractivity contribution >= 4 is 11.8 Å². The van der Waals surface area contributed by atoms with Gasteiger partial charge in [-0.15, -0.1) is 0 Å². The van der Waals surface area contributed by atoms with Crippen molar-refractivity contribution in [1.82, 2.24) is 0 Å². The van der Waals surface area contributed by atoms with Crippen molar-refractivity contribution in [1.29, 1.82) is 0 Å². The molecule has 1 aromatic rings. The smallest absolute Gasteiger partial charge is 0.371 e. The van der Waals surface area contributed by atoms with Crippen LogP contribution in [0.4, 0.5) is 0 Å². The molecule has 1 N–H and O–H groups in total. The van der Waals surface area contributed by atoms with Crippen LogP contribution in [-0.4, -0.2) is 29.6 Å². The quantitative estimate of drug-likeness (QED) is 0.791. The number of hydrogen-bond acceptors (Lipinski definition) is 4. The average molecular weight is 224 g/mol. The van der Waals surface area contributed by atoms with Crippen LogP contribution in [0.2, 0.25) is 0 Å². The van der Waals surface area contributed by atoms with E-state index in [1.54, 1.807) is 0 Å². The molecule has 0 bridgehead atoms. The van der Waals surface area contributed by atoms with E-state index in [2.05, 4.69) is 0 Å². The molecular formula is C11H12O5. The topological polar surface area (TPSA) is 76.7 Å². The molecule has 5 heteroatoms. The molecule has 0 saturated carbocycles. The van der Waals surface area contributed by atoms with Gasteiger partial charge in [-0.05, 0) is 31.4 Å². The van der Waals surface area contributed by atoms with Crippen LogP contribution < -0.4 is 0 Å². The first-order valence-electron chi connectivity index (χ1n) is 5.17. The summed E-state index contributed by atoms with van der Waals surface area (Å²) in [4.78, 5) is 22.4. The number of ketones is 1. The van der Waals surface area contributed by atoms with Gasteiger partial charge < -0.3 is 14.3 Å². The molecule has 1 unspecified atom stereocenters. The average Bonchev–Trinajstić information content (AvgIpc) is 2.78. The van der Waals surface area contributed by atoms with Crippen LogP contribution in [0.1, 0.15) is 40.4 Å². The van der Waals surface area contributed by atoms with Gasteiger partial charge in [0.1, 0.15) is 6.10 Å². The maximum Gasteiger partial charge on any atom is 0.371 e. The second-order valence-corrected chi connectivity index (χ2v) is 3.69. The van der Waals surface area contributed by atoms with Crippen molar-refractivity contribution in [2.45, 2.75) is 25.4 Å². The van der Waals surface area contributed by atoms with Crippen LogP contribution in [0.3, 0.4) is 0 Å². The van der Waals surface area contributed by atoms with E-state index < -0.39 is 12.1 Å². The van der Waals surface area contributed by atoms with Gasteiger partial charge in [-0.1, -0.05) is 0 Å². The maximum absolute atomic E-state index is 11.8. The summed E-state index contributed by atoms with van der Waals surface area (Å²) in [6.07, 6.45) is 2.09. The molecule has 1 atom stereocenters. The number of carbonyl (C=O) groups is 2. The molecule has 2 rings (SSSR count). The number of furan rings is 1. The zero-order chi connectivity index (χ0) is 11.5. The molecule has 86 valence electrons. The molecule has 0 spiro atoms. The minimum Gasteiger partial charge on any atom is -0.475 e. The van der Waals surface area contributed by atoms with Crippen molar-refractivity contribution < 1.29 is 23.8 Å². The number of ether oxygens (including phenoxy) is 1. The molecule has 0 aliphatic carbocycles. The van der Waals surface area contributed by atoms with E-state index in [1.165, 1.54) is 12.1 Å². The van der Waals surface area contributed by atoms with Gasteiger partial charge in [-0.3, -0.25) is 4.79 Å². The zero-order valence-electron chi connectivity index (χ0n) is 8.64. The highest BCUT2D eigenvalue weighted by Gasteiger charge is 2.26. The second kappa shape index (κ2) is 4.49. The number of hydrogen-bond donors (Lipinski definition) is 1. The Morgan fingerprint density at radius 1 is 1.25 bits per heavy atom. The Morgan fingerprint density at radius 2 is 2.00 bits per heavy atom. The van der Waals surface area contributed by atoms with Gasteiger partial charge in [0.15, 0.2) is 5.76 Å². The van der Waals surface area contributed by atoms with Gasteiger partial charge in [0.05, 0.1) is 0 Å². The Hall–Kier alpha value is -1.62.